The number of aromatic nitrogens is 1. The Balaban J connectivity index is 2.40. The van der Waals surface area contributed by atoms with Gasteiger partial charge in [-0.05, 0) is 0 Å². The average Bonchev–Trinajstić information content (AvgIpc) is 2.71. The van der Waals surface area contributed by atoms with Crippen molar-refractivity contribution < 1.29 is 0 Å². The van der Waals surface area contributed by atoms with Gasteiger partial charge in [0.2, 0.25) is 0 Å². The van der Waals surface area contributed by atoms with Crippen LogP contribution in [-0.2, 0) is 0 Å². The number of nitrogens with zero attached hydrogens (tertiary/aromatic N) is 2. The van der Waals surface area contributed by atoms with Crippen molar-refractivity contribution in [1.82, 2.24) is 4.98 Å². The van der Waals surface area contributed by atoms with E-state index in [1.54, 1.807) is 12.3 Å². The van der Waals surface area contributed by atoms with Gasteiger partial charge in [0.1, 0.15) is 0 Å². The molecule has 0 aliphatic carbocycles. The van der Waals surface area contributed by atoms with E-state index in [2.05, 4.69) is 26.9 Å². The molecular formula is C10H6N2Se. The van der Waals surface area contributed by atoms with Gasteiger partial charge in [-0.3, -0.25) is 0 Å². The van der Waals surface area contributed by atoms with Crippen molar-refractivity contribution >= 4 is 20.3 Å². The Hall–Kier alpha value is -1.36. The zero-order valence-electron chi connectivity index (χ0n) is 6.77. The Morgan fingerprint density at radius 3 is 2.77 bits per heavy atom. The van der Waals surface area contributed by atoms with E-state index in [-0.39, 0.29) is 0 Å². The van der Waals surface area contributed by atoms with Gasteiger partial charge in [-0.2, -0.15) is 0 Å². The van der Waals surface area contributed by atoms with Crippen molar-refractivity contribution in [2.45, 2.75) is 0 Å². The molecule has 0 unspecified atom stereocenters. The van der Waals surface area contributed by atoms with E-state index in [1.807, 2.05) is 6.07 Å². The molecule has 62 valence electrons. The summed E-state index contributed by atoms with van der Waals surface area (Å²) in [5.74, 6) is 0.461. The van der Waals surface area contributed by atoms with Crippen LogP contribution >= 0.6 is 0 Å². The van der Waals surface area contributed by atoms with Crippen LogP contribution < -0.4 is 0 Å². The van der Waals surface area contributed by atoms with Crippen molar-refractivity contribution in [3.63, 3.8) is 0 Å². The molecule has 0 saturated carbocycles. The van der Waals surface area contributed by atoms with Gasteiger partial charge in [0.05, 0.1) is 0 Å². The Kier molecular flexibility index (Phi) is 2.27. The molecule has 0 spiro atoms. The van der Waals surface area contributed by atoms with Crippen LogP contribution in [0.3, 0.4) is 0 Å². The Morgan fingerprint density at radius 1 is 1.31 bits per heavy atom. The molecule has 0 saturated heterocycles. The summed E-state index contributed by atoms with van der Waals surface area (Å²) in [6, 6.07) is 7.89. The topological polar surface area (TPSA) is 17.2 Å². The predicted molar refractivity (Wildman–Crippen MR) is 52.9 cm³/mol. The van der Waals surface area contributed by atoms with Gasteiger partial charge < -0.3 is 0 Å². The van der Waals surface area contributed by atoms with Crippen LogP contribution in [0.2, 0.25) is 0 Å². The SMILES string of the molecule is [C-]#[N+]c1ccc(-c2ccc[se]2)cn1. The van der Waals surface area contributed by atoms with Crippen molar-refractivity contribution in [2.75, 3.05) is 0 Å². The van der Waals surface area contributed by atoms with Crippen molar-refractivity contribution in [3.8, 4) is 10.0 Å². The molecule has 0 N–H and O–H groups in total. The minimum absolute atomic E-state index is 0.446. The molecule has 0 radical (unpaired) electrons. The zero-order valence-corrected chi connectivity index (χ0v) is 8.48. The summed E-state index contributed by atoms with van der Waals surface area (Å²) in [6.45, 7) is 6.76. The molecule has 2 nitrogen and oxygen atoms in total. The van der Waals surface area contributed by atoms with Crippen LogP contribution in [0.5, 0.6) is 0 Å². The second kappa shape index (κ2) is 3.57. The van der Waals surface area contributed by atoms with E-state index in [0.29, 0.717) is 20.3 Å². The van der Waals surface area contributed by atoms with Crippen LogP contribution in [0.1, 0.15) is 0 Å². The van der Waals surface area contributed by atoms with Gasteiger partial charge >= 0.3 is 82.1 Å². The fraction of sp³-hybridized carbons (Fsp3) is 0. The second-order valence-electron chi connectivity index (χ2n) is 2.49. The van der Waals surface area contributed by atoms with Crippen molar-refractivity contribution in [3.05, 3.63) is 46.8 Å². The van der Waals surface area contributed by atoms with Gasteiger partial charge in [-0.1, -0.05) is 0 Å². The molecule has 0 aliphatic heterocycles. The summed E-state index contributed by atoms with van der Waals surface area (Å²) in [4.78, 5) is 9.45. The maximum absolute atomic E-state index is 6.76. The zero-order chi connectivity index (χ0) is 9.10. The fourth-order valence-electron chi connectivity index (χ4n) is 1.04. The molecule has 0 aromatic carbocycles. The van der Waals surface area contributed by atoms with E-state index in [9.17, 15) is 0 Å². The Morgan fingerprint density at radius 2 is 2.23 bits per heavy atom. The third kappa shape index (κ3) is 1.70. The van der Waals surface area contributed by atoms with Crippen LogP contribution in [0, 0.1) is 6.57 Å². The van der Waals surface area contributed by atoms with E-state index in [1.165, 1.54) is 4.44 Å². The number of rotatable bonds is 1. The monoisotopic (exact) mass is 234 g/mol. The normalized spacial score (nSPS) is 9.46. The fourth-order valence-corrected chi connectivity index (χ4v) is 2.55. The van der Waals surface area contributed by atoms with Gasteiger partial charge in [0.15, 0.2) is 0 Å². The van der Waals surface area contributed by atoms with E-state index < -0.39 is 0 Å². The molecule has 0 amide bonds. The van der Waals surface area contributed by atoms with E-state index >= 15 is 0 Å². The first-order valence-electron chi connectivity index (χ1n) is 3.77. The molecule has 2 rings (SSSR count). The minimum atomic E-state index is 0.446. The van der Waals surface area contributed by atoms with Gasteiger partial charge in [0.25, 0.3) is 0 Å². The average molecular weight is 233 g/mol. The van der Waals surface area contributed by atoms with E-state index in [4.69, 9.17) is 6.57 Å². The summed E-state index contributed by atoms with van der Waals surface area (Å²) >= 11 is 0.446. The Bertz CT molecular complexity index is 423. The van der Waals surface area contributed by atoms with Crippen LogP contribution in [0.25, 0.3) is 14.8 Å². The molecule has 0 bridgehead atoms. The van der Waals surface area contributed by atoms with Crippen LogP contribution in [-0.4, -0.2) is 19.5 Å². The first kappa shape index (κ1) is 8.25. The van der Waals surface area contributed by atoms with E-state index in [0.717, 1.165) is 5.56 Å². The molecule has 0 aliphatic rings. The second-order valence-corrected chi connectivity index (χ2v) is 4.48. The van der Waals surface area contributed by atoms with Gasteiger partial charge in [-0.15, -0.1) is 0 Å². The third-order valence-corrected chi connectivity index (χ3v) is 3.60. The molecular weight excluding hydrogens is 227 g/mol. The number of hydrogen-bond acceptors (Lipinski definition) is 1. The van der Waals surface area contributed by atoms with Crippen molar-refractivity contribution in [2.24, 2.45) is 0 Å². The first-order chi connectivity index (χ1) is 6.40. The number of hydrogen-bond donors (Lipinski definition) is 0. The van der Waals surface area contributed by atoms with Gasteiger partial charge in [0, 0.05) is 0 Å². The molecule has 0 atom stereocenters. The number of pyridine rings is 1. The summed E-state index contributed by atoms with van der Waals surface area (Å²) in [5, 5.41) is 0. The van der Waals surface area contributed by atoms with Crippen molar-refractivity contribution in [1.29, 1.82) is 0 Å². The molecule has 2 heterocycles. The summed E-state index contributed by atoms with van der Waals surface area (Å²) in [6.07, 6.45) is 1.77. The standard InChI is InChI=1S/C10H6N2Se/c1-11-10-5-4-8(7-12-10)9-3-2-6-13-9/h2-7H. The molecule has 2 aromatic heterocycles. The molecule has 13 heavy (non-hydrogen) atoms. The summed E-state index contributed by atoms with van der Waals surface area (Å²) in [5.41, 5.74) is 1.14. The first-order valence-corrected chi connectivity index (χ1v) is 5.62. The predicted octanol–water partition coefficient (Wildman–Crippen LogP) is 2.36. The van der Waals surface area contributed by atoms with Crippen LogP contribution in [0.15, 0.2) is 35.4 Å². The molecule has 0 fully saturated rings. The summed E-state index contributed by atoms with van der Waals surface area (Å²) < 4.78 is 1.33. The molecule has 3 heteroatoms. The summed E-state index contributed by atoms with van der Waals surface area (Å²) in [7, 11) is 0. The van der Waals surface area contributed by atoms with Gasteiger partial charge in [-0.25, -0.2) is 0 Å². The Labute approximate surface area is 82.4 Å². The maximum atomic E-state index is 6.76. The third-order valence-electron chi connectivity index (χ3n) is 1.67. The molecule has 2 aromatic rings. The quantitative estimate of drug-likeness (QED) is 0.546. The van der Waals surface area contributed by atoms with Crippen LogP contribution in [0.4, 0.5) is 5.82 Å².